The predicted molar refractivity (Wildman–Crippen MR) is 30.4 cm³/mol. The van der Waals surface area contributed by atoms with Gasteiger partial charge in [-0.1, -0.05) is 0 Å². The van der Waals surface area contributed by atoms with Gasteiger partial charge in [0.25, 0.3) is 0 Å². The van der Waals surface area contributed by atoms with Gasteiger partial charge in [0.2, 0.25) is 0 Å². The molecule has 60 valence electrons. The van der Waals surface area contributed by atoms with E-state index < -0.39 is 0 Å². The summed E-state index contributed by atoms with van der Waals surface area (Å²) in [4.78, 5) is 0. The molecule has 0 amide bonds. The Labute approximate surface area is 73.1 Å². The van der Waals surface area contributed by atoms with Crippen LogP contribution in [0.15, 0.2) is 0 Å². The molecule has 0 aromatic rings. The van der Waals surface area contributed by atoms with E-state index in [1.54, 1.807) is 28.2 Å². The van der Waals surface area contributed by atoms with Crippen LogP contribution in [-0.4, -0.2) is 28.2 Å². The molecule has 0 bridgehead atoms. The molecule has 0 saturated carbocycles. The van der Waals surface area contributed by atoms with Crippen LogP contribution in [0.2, 0.25) is 0 Å². The van der Waals surface area contributed by atoms with Crippen molar-refractivity contribution >= 4 is 0 Å². The van der Waals surface area contributed by atoms with Gasteiger partial charge in [-0.2, -0.15) is 28.2 Å². The molecular formula is C4H12Cu2N2. The Morgan fingerprint density at radius 3 is 0.625 bits per heavy atom. The van der Waals surface area contributed by atoms with Crippen LogP contribution in [-0.2, 0) is 34.1 Å². The molecule has 0 rings (SSSR count). The Hall–Kier alpha value is 0.959. The maximum Gasteiger partial charge on any atom is 1.00 e. The molecular weight excluding hydrogens is 203 g/mol. The van der Waals surface area contributed by atoms with E-state index in [9.17, 15) is 0 Å². The largest absolute Gasteiger partial charge is 1.00 e. The van der Waals surface area contributed by atoms with Gasteiger partial charge in [0.05, 0.1) is 0 Å². The van der Waals surface area contributed by atoms with Gasteiger partial charge in [-0.25, -0.2) is 0 Å². The van der Waals surface area contributed by atoms with Crippen molar-refractivity contribution in [3.63, 3.8) is 0 Å². The van der Waals surface area contributed by atoms with Gasteiger partial charge in [0.1, 0.15) is 0 Å². The van der Waals surface area contributed by atoms with Crippen molar-refractivity contribution in [2.75, 3.05) is 28.2 Å². The number of hydrogen-bond acceptors (Lipinski definition) is 0. The zero-order valence-corrected chi connectivity index (χ0v) is 7.38. The summed E-state index contributed by atoms with van der Waals surface area (Å²) in [6.45, 7) is 0. The van der Waals surface area contributed by atoms with Crippen LogP contribution in [0.4, 0.5) is 0 Å². The normalized spacial score (nSPS) is 4.50. The minimum atomic E-state index is 0. The molecule has 0 spiro atoms. The van der Waals surface area contributed by atoms with Crippen LogP contribution in [0.3, 0.4) is 0 Å². The second kappa shape index (κ2) is 44.0. The fourth-order valence-corrected chi connectivity index (χ4v) is 0. The van der Waals surface area contributed by atoms with E-state index >= 15 is 0 Å². The van der Waals surface area contributed by atoms with Crippen LogP contribution in [0, 0.1) is 0 Å². The Bertz CT molecular complexity index is 14.0. The molecule has 0 aliphatic rings. The summed E-state index contributed by atoms with van der Waals surface area (Å²) >= 11 is 0. The first kappa shape index (κ1) is 23.1. The summed E-state index contributed by atoms with van der Waals surface area (Å²) < 4.78 is 0. The van der Waals surface area contributed by atoms with Crippen LogP contribution in [0.25, 0.3) is 10.6 Å². The standard InChI is InChI=1S/2C2H6N.2Cu/c2*1-3-2;;/h2*1-2H3;;/q2*-1;2*+1. The molecule has 0 unspecified atom stereocenters. The smallest absolute Gasteiger partial charge is 0.668 e. The molecule has 2 nitrogen and oxygen atoms in total. The average molecular weight is 215 g/mol. The molecule has 4 heteroatoms. The molecule has 0 aromatic heterocycles. The van der Waals surface area contributed by atoms with Crippen molar-refractivity contribution in [3.8, 4) is 0 Å². The molecule has 0 heterocycles. The van der Waals surface area contributed by atoms with Crippen molar-refractivity contribution in [3.05, 3.63) is 10.6 Å². The van der Waals surface area contributed by atoms with E-state index in [0.29, 0.717) is 0 Å². The molecule has 0 N–H and O–H groups in total. The second-order valence-electron chi connectivity index (χ2n) is 0.894. The summed E-state index contributed by atoms with van der Waals surface area (Å²) in [5.74, 6) is 0. The van der Waals surface area contributed by atoms with Crippen molar-refractivity contribution in [2.45, 2.75) is 0 Å². The Balaban J connectivity index is -0.0000000160. The summed E-state index contributed by atoms with van der Waals surface area (Å²) in [6, 6.07) is 0. The predicted octanol–water partition coefficient (Wildman–Crippen LogP) is 1.23. The molecule has 0 aliphatic carbocycles. The van der Waals surface area contributed by atoms with Crippen LogP contribution < -0.4 is 0 Å². The number of nitrogens with zero attached hydrogens (tertiary/aromatic N) is 2. The van der Waals surface area contributed by atoms with E-state index in [0.717, 1.165) is 0 Å². The van der Waals surface area contributed by atoms with Gasteiger partial charge in [-0.3, -0.25) is 0 Å². The summed E-state index contributed by atoms with van der Waals surface area (Å²) in [7, 11) is 7.00. The fraction of sp³-hybridized carbons (Fsp3) is 1.00. The Morgan fingerprint density at radius 1 is 0.625 bits per heavy atom. The monoisotopic (exact) mass is 214 g/mol. The molecule has 0 aromatic carbocycles. The van der Waals surface area contributed by atoms with Gasteiger partial charge in [-0.05, 0) is 0 Å². The zero-order valence-electron chi connectivity index (χ0n) is 5.50. The van der Waals surface area contributed by atoms with Gasteiger partial charge in [0, 0.05) is 0 Å². The average Bonchev–Trinajstić information content (AvgIpc) is 1.39. The van der Waals surface area contributed by atoms with Crippen LogP contribution >= 0.6 is 0 Å². The minimum Gasteiger partial charge on any atom is -0.668 e. The van der Waals surface area contributed by atoms with Gasteiger partial charge in [-0.15, -0.1) is 0 Å². The quantitative estimate of drug-likeness (QED) is 0.544. The molecule has 0 atom stereocenters. The second-order valence-corrected chi connectivity index (χ2v) is 0.894. The third-order valence-corrected chi connectivity index (χ3v) is 0. The number of rotatable bonds is 0. The van der Waals surface area contributed by atoms with Gasteiger partial charge in [0.15, 0.2) is 0 Å². The topological polar surface area (TPSA) is 28.2 Å². The fourth-order valence-electron chi connectivity index (χ4n) is 0. The van der Waals surface area contributed by atoms with Crippen molar-refractivity contribution in [1.82, 2.24) is 0 Å². The van der Waals surface area contributed by atoms with E-state index in [2.05, 4.69) is 10.6 Å². The molecule has 0 saturated heterocycles. The zero-order chi connectivity index (χ0) is 5.41. The third-order valence-electron chi connectivity index (χ3n) is 0. The van der Waals surface area contributed by atoms with Crippen LogP contribution in [0.5, 0.6) is 0 Å². The van der Waals surface area contributed by atoms with Crippen LogP contribution in [0.1, 0.15) is 0 Å². The van der Waals surface area contributed by atoms with E-state index in [4.69, 9.17) is 0 Å². The minimum absolute atomic E-state index is 0. The Morgan fingerprint density at radius 2 is 0.625 bits per heavy atom. The van der Waals surface area contributed by atoms with Gasteiger partial charge < -0.3 is 10.6 Å². The van der Waals surface area contributed by atoms with E-state index in [1.807, 2.05) is 0 Å². The molecule has 0 radical (unpaired) electrons. The van der Waals surface area contributed by atoms with Gasteiger partial charge >= 0.3 is 34.1 Å². The first-order valence-corrected chi connectivity index (χ1v) is 1.79. The summed E-state index contributed by atoms with van der Waals surface area (Å²) in [5.41, 5.74) is 0. The first-order valence-electron chi connectivity index (χ1n) is 1.79. The SMILES string of the molecule is C[N-]C.C[N-]C.[Cu+].[Cu+]. The van der Waals surface area contributed by atoms with E-state index in [-0.39, 0.29) is 34.1 Å². The Kier molecular flexibility index (Phi) is 127. The van der Waals surface area contributed by atoms with Crippen molar-refractivity contribution in [2.24, 2.45) is 0 Å². The van der Waals surface area contributed by atoms with Crippen molar-refractivity contribution < 1.29 is 34.1 Å². The van der Waals surface area contributed by atoms with Crippen molar-refractivity contribution in [1.29, 1.82) is 0 Å². The molecule has 0 aliphatic heterocycles. The maximum atomic E-state index is 3.50. The molecule has 8 heavy (non-hydrogen) atoms. The summed E-state index contributed by atoms with van der Waals surface area (Å²) in [5, 5.41) is 7.00. The third kappa shape index (κ3) is 269. The maximum absolute atomic E-state index is 3.50. The molecule has 0 fully saturated rings. The summed E-state index contributed by atoms with van der Waals surface area (Å²) in [6.07, 6.45) is 0. The van der Waals surface area contributed by atoms with E-state index in [1.165, 1.54) is 0 Å². The number of hydrogen-bond donors (Lipinski definition) is 0. The first-order chi connectivity index (χ1) is 2.83.